The third-order valence-electron chi connectivity index (χ3n) is 5.73. The van der Waals surface area contributed by atoms with Crippen molar-refractivity contribution in [2.45, 2.75) is 33.3 Å². The van der Waals surface area contributed by atoms with E-state index in [4.69, 9.17) is 14.2 Å². The standard InChI is InChI=1S/C28H30N2O5/c1-4-21-8-11-23(12-9-21)34-18-27(31)29-22-10-13-25-26(17-22)35-20(3)28(32)30(25)14-15-33-24-7-5-6-19(2)16-24/h5-13,16-17,20H,4,14-15,18H2,1-3H3,(H,29,31). The molecule has 7 heteroatoms. The number of hydrogen-bond acceptors (Lipinski definition) is 5. The summed E-state index contributed by atoms with van der Waals surface area (Å²) < 4.78 is 17.2. The van der Waals surface area contributed by atoms with Crippen LogP contribution < -0.4 is 24.4 Å². The smallest absolute Gasteiger partial charge is 0.267 e. The van der Waals surface area contributed by atoms with Crippen LogP contribution >= 0.6 is 0 Å². The van der Waals surface area contributed by atoms with Crippen molar-refractivity contribution in [3.63, 3.8) is 0 Å². The lowest BCUT2D eigenvalue weighted by atomic mass is 10.1. The molecule has 0 aromatic heterocycles. The summed E-state index contributed by atoms with van der Waals surface area (Å²) >= 11 is 0. The van der Waals surface area contributed by atoms with Crippen LogP contribution in [-0.2, 0) is 16.0 Å². The van der Waals surface area contributed by atoms with Crippen LogP contribution in [-0.4, -0.2) is 37.7 Å². The summed E-state index contributed by atoms with van der Waals surface area (Å²) in [5.41, 5.74) is 3.53. The van der Waals surface area contributed by atoms with Gasteiger partial charge in [0.15, 0.2) is 12.7 Å². The van der Waals surface area contributed by atoms with Gasteiger partial charge >= 0.3 is 0 Å². The second kappa shape index (κ2) is 11.0. The second-order valence-electron chi connectivity index (χ2n) is 8.43. The number of anilines is 2. The molecule has 2 amide bonds. The van der Waals surface area contributed by atoms with E-state index in [0.717, 1.165) is 17.7 Å². The number of carbonyl (C=O) groups is 2. The molecular formula is C28H30N2O5. The predicted molar refractivity (Wildman–Crippen MR) is 136 cm³/mol. The molecule has 1 atom stereocenters. The van der Waals surface area contributed by atoms with Gasteiger partial charge in [0.2, 0.25) is 0 Å². The van der Waals surface area contributed by atoms with Gasteiger partial charge in [0.1, 0.15) is 23.9 Å². The van der Waals surface area contributed by atoms with E-state index < -0.39 is 6.10 Å². The Labute approximate surface area is 205 Å². The molecule has 182 valence electrons. The molecule has 0 spiro atoms. The summed E-state index contributed by atoms with van der Waals surface area (Å²) in [5, 5.41) is 2.82. The number of amides is 2. The first-order valence-corrected chi connectivity index (χ1v) is 11.8. The lowest BCUT2D eigenvalue weighted by Crippen LogP contribution is -2.46. The van der Waals surface area contributed by atoms with E-state index in [-0.39, 0.29) is 18.4 Å². The Morgan fingerprint density at radius 1 is 1.03 bits per heavy atom. The monoisotopic (exact) mass is 474 g/mol. The topological polar surface area (TPSA) is 77.1 Å². The summed E-state index contributed by atoms with van der Waals surface area (Å²) in [7, 11) is 0. The Morgan fingerprint density at radius 3 is 2.57 bits per heavy atom. The van der Waals surface area contributed by atoms with Crippen molar-refractivity contribution >= 4 is 23.2 Å². The van der Waals surface area contributed by atoms with Gasteiger partial charge in [-0.25, -0.2) is 0 Å². The summed E-state index contributed by atoms with van der Waals surface area (Å²) in [6.07, 6.45) is 0.310. The van der Waals surface area contributed by atoms with Gasteiger partial charge in [-0.1, -0.05) is 31.2 Å². The fourth-order valence-corrected chi connectivity index (χ4v) is 3.85. The molecule has 0 bridgehead atoms. The van der Waals surface area contributed by atoms with Crippen molar-refractivity contribution in [3.8, 4) is 17.2 Å². The van der Waals surface area contributed by atoms with Crippen LogP contribution in [0.5, 0.6) is 17.2 Å². The lowest BCUT2D eigenvalue weighted by molar-refractivity contribution is -0.125. The molecule has 4 rings (SSSR count). The highest BCUT2D eigenvalue weighted by atomic mass is 16.5. The predicted octanol–water partition coefficient (Wildman–Crippen LogP) is 4.77. The van der Waals surface area contributed by atoms with Crippen LogP contribution in [0.1, 0.15) is 25.0 Å². The third-order valence-corrected chi connectivity index (χ3v) is 5.73. The Bertz CT molecular complexity index is 1190. The van der Waals surface area contributed by atoms with Crippen molar-refractivity contribution < 1.29 is 23.8 Å². The van der Waals surface area contributed by atoms with E-state index >= 15 is 0 Å². The van der Waals surface area contributed by atoms with Crippen LogP contribution in [0.2, 0.25) is 0 Å². The Balaban J connectivity index is 1.37. The number of carbonyl (C=O) groups excluding carboxylic acids is 2. The maximum atomic E-state index is 12.8. The summed E-state index contributed by atoms with van der Waals surface area (Å²) in [5.74, 6) is 1.52. The SMILES string of the molecule is CCc1ccc(OCC(=O)Nc2ccc3c(c2)OC(C)C(=O)N3CCOc2cccc(C)c2)cc1. The average Bonchev–Trinajstić information content (AvgIpc) is 2.85. The minimum Gasteiger partial charge on any atom is -0.492 e. The molecule has 1 N–H and O–H groups in total. The second-order valence-corrected chi connectivity index (χ2v) is 8.43. The molecule has 0 radical (unpaired) electrons. The van der Waals surface area contributed by atoms with Crippen LogP contribution in [0.25, 0.3) is 0 Å². The Morgan fingerprint density at radius 2 is 1.83 bits per heavy atom. The van der Waals surface area contributed by atoms with Crippen LogP contribution in [0.15, 0.2) is 66.7 Å². The van der Waals surface area contributed by atoms with Crippen LogP contribution in [0.4, 0.5) is 11.4 Å². The van der Waals surface area contributed by atoms with E-state index in [0.29, 0.717) is 36.0 Å². The highest BCUT2D eigenvalue weighted by Crippen LogP contribution is 2.36. The third kappa shape index (κ3) is 6.12. The molecule has 0 fully saturated rings. The van der Waals surface area contributed by atoms with Gasteiger partial charge in [-0.2, -0.15) is 0 Å². The molecule has 1 aliphatic heterocycles. The molecule has 3 aromatic carbocycles. The van der Waals surface area contributed by atoms with E-state index in [2.05, 4.69) is 12.2 Å². The van der Waals surface area contributed by atoms with Gasteiger partial charge in [0.05, 0.1) is 12.2 Å². The molecule has 35 heavy (non-hydrogen) atoms. The number of ether oxygens (including phenoxy) is 3. The molecule has 3 aromatic rings. The first-order chi connectivity index (χ1) is 16.9. The lowest BCUT2D eigenvalue weighted by Gasteiger charge is -2.33. The van der Waals surface area contributed by atoms with Crippen molar-refractivity contribution in [1.29, 1.82) is 0 Å². The van der Waals surface area contributed by atoms with Crippen LogP contribution in [0, 0.1) is 6.92 Å². The number of benzene rings is 3. The van der Waals surface area contributed by atoms with E-state index in [1.54, 1.807) is 30.0 Å². The summed E-state index contributed by atoms with van der Waals surface area (Å²) in [6, 6.07) is 20.7. The largest absolute Gasteiger partial charge is 0.492 e. The zero-order valence-corrected chi connectivity index (χ0v) is 20.2. The van der Waals surface area contributed by atoms with Crippen molar-refractivity contribution in [1.82, 2.24) is 0 Å². The number of hydrogen-bond donors (Lipinski definition) is 1. The average molecular weight is 475 g/mol. The first-order valence-electron chi connectivity index (χ1n) is 11.8. The van der Waals surface area contributed by atoms with Gasteiger partial charge in [-0.15, -0.1) is 0 Å². The summed E-state index contributed by atoms with van der Waals surface area (Å²) in [4.78, 5) is 26.8. The fourth-order valence-electron chi connectivity index (χ4n) is 3.85. The van der Waals surface area contributed by atoms with E-state index in [1.807, 2.05) is 55.5 Å². The molecule has 0 saturated carbocycles. The van der Waals surface area contributed by atoms with Crippen LogP contribution in [0.3, 0.4) is 0 Å². The zero-order chi connectivity index (χ0) is 24.8. The normalized spacial score (nSPS) is 14.7. The number of aryl methyl sites for hydroxylation is 2. The number of fused-ring (bicyclic) bond motifs is 1. The van der Waals surface area contributed by atoms with E-state index in [1.165, 1.54) is 5.56 Å². The highest BCUT2D eigenvalue weighted by Gasteiger charge is 2.31. The highest BCUT2D eigenvalue weighted by molar-refractivity contribution is 6.00. The van der Waals surface area contributed by atoms with Gasteiger partial charge in [0, 0.05) is 11.8 Å². The van der Waals surface area contributed by atoms with Gasteiger partial charge in [-0.05, 0) is 67.8 Å². The van der Waals surface area contributed by atoms with Crippen molar-refractivity contribution in [2.75, 3.05) is 30.0 Å². The minimum atomic E-state index is -0.637. The number of nitrogens with one attached hydrogen (secondary N) is 1. The molecule has 0 aliphatic carbocycles. The Kier molecular flexibility index (Phi) is 7.55. The van der Waals surface area contributed by atoms with Gasteiger partial charge in [0.25, 0.3) is 11.8 Å². The van der Waals surface area contributed by atoms with Crippen molar-refractivity contribution in [3.05, 3.63) is 77.9 Å². The molecule has 1 heterocycles. The molecule has 0 saturated heterocycles. The molecule has 1 unspecified atom stereocenters. The quantitative estimate of drug-likeness (QED) is 0.484. The molecule has 7 nitrogen and oxygen atoms in total. The fraction of sp³-hybridized carbons (Fsp3) is 0.286. The van der Waals surface area contributed by atoms with Crippen molar-refractivity contribution in [2.24, 2.45) is 0 Å². The number of nitrogens with zero attached hydrogens (tertiary/aromatic N) is 1. The number of rotatable bonds is 9. The zero-order valence-electron chi connectivity index (χ0n) is 20.2. The van der Waals surface area contributed by atoms with Gasteiger partial charge < -0.3 is 24.4 Å². The maximum Gasteiger partial charge on any atom is 0.267 e. The minimum absolute atomic E-state index is 0.110. The van der Waals surface area contributed by atoms with Gasteiger partial charge in [-0.3, -0.25) is 9.59 Å². The maximum absolute atomic E-state index is 12.8. The summed E-state index contributed by atoms with van der Waals surface area (Å²) in [6.45, 7) is 6.41. The first kappa shape index (κ1) is 24.1. The molecular weight excluding hydrogens is 444 g/mol. The van der Waals surface area contributed by atoms with E-state index in [9.17, 15) is 9.59 Å². The molecule has 1 aliphatic rings. The Hall–Kier alpha value is -4.00.